The fourth-order valence-corrected chi connectivity index (χ4v) is 3.51. The van der Waals surface area contributed by atoms with Crippen LogP contribution in [0.4, 0.5) is 5.69 Å². The number of hydrogen-bond donors (Lipinski definition) is 1. The first-order valence-electron chi connectivity index (χ1n) is 6.98. The van der Waals surface area contributed by atoms with Crippen molar-refractivity contribution in [1.29, 1.82) is 0 Å². The van der Waals surface area contributed by atoms with E-state index >= 15 is 0 Å². The highest BCUT2D eigenvalue weighted by atomic mass is 79.9. The third-order valence-electron chi connectivity index (χ3n) is 3.45. The molecule has 1 amide bonds. The number of rotatable bonds is 3. The van der Waals surface area contributed by atoms with Gasteiger partial charge in [0.1, 0.15) is 0 Å². The lowest BCUT2D eigenvalue weighted by atomic mass is 10.1. The maximum absolute atomic E-state index is 12.1. The van der Waals surface area contributed by atoms with Crippen molar-refractivity contribution in [3.05, 3.63) is 64.1 Å². The van der Waals surface area contributed by atoms with Gasteiger partial charge in [0.2, 0.25) is 5.91 Å². The third-order valence-corrected chi connectivity index (χ3v) is 5.06. The Kier molecular flexibility index (Phi) is 4.64. The van der Waals surface area contributed by atoms with Gasteiger partial charge in [-0.3, -0.25) is 4.79 Å². The van der Waals surface area contributed by atoms with E-state index in [1.807, 2.05) is 55.5 Å². The second-order valence-electron chi connectivity index (χ2n) is 5.13. The minimum Gasteiger partial charge on any atom is -0.304 e. The third kappa shape index (κ3) is 3.59. The van der Waals surface area contributed by atoms with Gasteiger partial charge in [-0.25, -0.2) is 4.99 Å². The van der Waals surface area contributed by atoms with Crippen molar-refractivity contribution < 1.29 is 4.79 Å². The quantitative estimate of drug-likeness (QED) is 0.873. The van der Waals surface area contributed by atoms with E-state index in [2.05, 4.69) is 26.2 Å². The van der Waals surface area contributed by atoms with Crippen LogP contribution in [-0.2, 0) is 11.2 Å². The molecule has 1 fully saturated rings. The van der Waals surface area contributed by atoms with Crippen LogP contribution in [0.2, 0.25) is 0 Å². The normalized spacial score (nSPS) is 19.5. The summed E-state index contributed by atoms with van der Waals surface area (Å²) in [5.74, 6) is 0.0280. The zero-order valence-corrected chi connectivity index (χ0v) is 14.4. The van der Waals surface area contributed by atoms with Crippen LogP contribution in [0, 0.1) is 6.92 Å². The first-order valence-corrected chi connectivity index (χ1v) is 8.65. The fourth-order valence-electron chi connectivity index (χ4n) is 2.23. The molecule has 0 unspecified atom stereocenters. The van der Waals surface area contributed by atoms with Gasteiger partial charge in [0.05, 0.1) is 10.9 Å². The molecule has 0 radical (unpaired) electrons. The summed E-state index contributed by atoms with van der Waals surface area (Å²) in [4.78, 5) is 16.7. The minimum atomic E-state index is -0.121. The Morgan fingerprint density at radius 3 is 2.64 bits per heavy atom. The average molecular weight is 375 g/mol. The van der Waals surface area contributed by atoms with Gasteiger partial charge in [0.15, 0.2) is 5.17 Å². The van der Waals surface area contributed by atoms with Gasteiger partial charge < -0.3 is 5.32 Å². The van der Waals surface area contributed by atoms with Gasteiger partial charge in [0, 0.05) is 4.47 Å². The molecule has 22 heavy (non-hydrogen) atoms. The molecule has 0 aromatic heterocycles. The lowest BCUT2D eigenvalue weighted by Crippen LogP contribution is -2.25. The number of para-hydroxylation sites is 1. The topological polar surface area (TPSA) is 41.5 Å². The molecule has 1 saturated heterocycles. The summed E-state index contributed by atoms with van der Waals surface area (Å²) in [6.07, 6.45) is 0.705. The number of carbonyl (C=O) groups is 1. The zero-order chi connectivity index (χ0) is 15.5. The van der Waals surface area contributed by atoms with Crippen molar-refractivity contribution in [2.45, 2.75) is 18.6 Å². The molecular formula is C17H15BrN2OS. The first kappa shape index (κ1) is 15.3. The van der Waals surface area contributed by atoms with E-state index in [-0.39, 0.29) is 11.2 Å². The number of hydrogen-bond acceptors (Lipinski definition) is 3. The number of halogens is 1. The number of nitrogens with zero attached hydrogens (tertiary/aromatic N) is 1. The highest BCUT2D eigenvalue weighted by Gasteiger charge is 2.30. The SMILES string of the molecule is Cc1ccccc1N=C1NC(=O)[C@@H](Cc2ccc(Br)cc2)S1. The van der Waals surface area contributed by atoms with E-state index in [9.17, 15) is 4.79 Å². The molecule has 1 aliphatic heterocycles. The predicted octanol–water partition coefficient (Wildman–Crippen LogP) is 4.22. The van der Waals surface area contributed by atoms with Crippen LogP contribution in [0.5, 0.6) is 0 Å². The monoisotopic (exact) mass is 374 g/mol. The van der Waals surface area contributed by atoms with Crippen LogP contribution in [-0.4, -0.2) is 16.3 Å². The molecule has 1 atom stereocenters. The van der Waals surface area contributed by atoms with Gasteiger partial charge in [0.25, 0.3) is 0 Å². The molecule has 2 aromatic carbocycles. The lowest BCUT2D eigenvalue weighted by Gasteiger charge is -2.05. The summed E-state index contributed by atoms with van der Waals surface area (Å²) in [6, 6.07) is 16.0. The summed E-state index contributed by atoms with van der Waals surface area (Å²) in [5.41, 5.74) is 3.14. The van der Waals surface area contributed by atoms with E-state index in [4.69, 9.17) is 0 Å². The molecule has 3 nitrogen and oxygen atoms in total. The van der Waals surface area contributed by atoms with Gasteiger partial charge in [-0.1, -0.05) is 58.0 Å². The molecule has 1 N–H and O–H groups in total. The lowest BCUT2D eigenvalue weighted by molar-refractivity contribution is -0.118. The van der Waals surface area contributed by atoms with Crippen LogP contribution >= 0.6 is 27.7 Å². The summed E-state index contributed by atoms with van der Waals surface area (Å²) < 4.78 is 1.04. The molecule has 0 spiro atoms. The number of nitrogens with one attached hydrogen (secondary N) is 1. The summed E-state index contributed by atoms with van der Waals surface area (Å²) in [7, 11) is 0. The molecule has 112 valence electrons. The maximum Gasteiger partial charge on any atom is 0.239 e. The molecule has 1 aliphatic rings. The van der Waals surface area contributed by atoms with Crippen molar-refractivity contribution in [3.63, 3.8) is 0 Å². The van der Waals surface area contributed by atoms with Crippen LogP contribution in [0.3, 0.4) is 0 Å². The van der Waals surface area contributed by atoms with Crippen LogP contribution in [0.25, 0.3) is 0 Å². The van der Waals surface area contributed by atoms with Gasteiger partial charge >= 0.3 is 0 Å². The molecular weight excluding hydrogens is 360 g/mol. The molecule has 0 aliphatic carbocycles. The Labute approximate surface area is 142 Å². The maximum atomic E-state index is 12.1. The highest BCUT2D eigenvalue weighted by Crippen LogP contribution is 2.27. The van der Waals surface area contributed by atoms with Crippen molar-refractivity contribution >= 4 is 44.5 Å². The van der Waals surface area contributed by atoms with Crippen molar-refractivity contribution in [2.75, 3.05) is 0 Å². The number of amidine groups is 1. The largest absolute Gasteiger partial charge is 0.304 e. The van der Waals surface area contributed by atoms with Crippen molar-refractivity contribution in [2.24, 2.45) is 4.99 Å². The molecule has 3 rings (SSSR count). The highest BCUT2D eigenvalue weighted by molar-refractivity contribution is 9.10. The Morgan fingerprint density at radius 2 is 1.91 bits per heavy atom. The number of thioether (sulfide) groups is 1. The second-order valence-corrected chi connectivity index (χ2v) is 7.24. The van der Waals surface area contributed by atoms with Crippen molar-refractivity contribution in [3.8, 4) is 0 Å². The van der Waals surface area contributed by atoms with E-state index < -0.39 is 0 Å². The van der Waals surface area contributed by atoms with E-state index in [0.717, 1.165) is 21.3 Å². The smallest absolute Gasteiger partial charge is 0.239 e. The Hall–Kier alpha value is -1.59. The fraction of sp³-hybridized carbons (Fsp3) is 0.176. The Bertz CT molecular complexity index is 728. The second kappa shape index (κ2) is 6.67. The summed E-state index contributed by atoms with van der Waals surface area (Å²) in [5, 5.41) is 3.44. The van der Waals surface area contributed by atoms with Gasteiger partial charge in [-0.15, -0.1) is 0 Å². The van der Waals surface area contributed by atoms with Gasteiger partial charge in [-0.05, 0) is 42.7 Å². The number of aliphatic imine (C=N–C) groups is 1. The number of benzene rings is 2. The standard InChI is InChI=1S/C17H15BrN2OS/c1-11-4-2-3-5-14(11)19-17-20-16(21)15(22-17)10-12-6-8-13(18)9-7-12/h2-9,15H,10H2,1H3,(H,19,20,21)/t15-/m1/s1. The number of aryl methyl sites for hydroxylation is 1. The first-order chi connectivity index (χ1) is 10.6. The van der Waals surface area contributed by atoms with E-state index in [1.165, 1.54) is 11.8 Å². The molecule has 0 saturated carbocycles. The Balaban J connectivity index is 1.73. The number of amides is 1. The van der Waals surface area contributed by atoms with E-state index in [0.29, 0.717) is 11.6 Å². The van der Waals surface area contributed by atoms with Crippen LogP contribution in [0.1, 0.15) is 11.1 Å². The predicted molar refractivity (Wildman–Crippen MR) is 95.6 cm³/mol. The minimum absolute atomic E-state index is 0.0280. The Morgan fingerprint density at radius 1 is 1.18 bits per heavy atom. The summed E-state index contributed by atoms with van der Waals surface area (Å²) in [6.45, 7) is 2.01. The van der Waals surface area contributed by atoms with E-state index in [1.54, 1.807) is 0 Å². The zero-order valence-electron chi connectivity index (χ0n) is 12.0. The molecule has 1 heterocycles. The van der Waals surface area contributed by atoms with Crippen LogP contribution in [0.15, 0.2) is 58.0 Å². The number of carbonyl (C=O) groups excluding carboxylic acids is 1. The summed E-state index contributed by atoms with van der Waals surface area (Å²) >= 11 is 4.92. The molecule has 0 bridgehead atoms. The van der Waals surface area contributed by atoms with Gasteiger partial charge in [-0.2, -0.15) is 0 Å². The molecule has 2 aromatic rings. The molecule has 5 heteroatoms. The average Bonchev–Trinajstić information content (AvgIpc) is 2.84. The van der Waals surface area contributed by atoms with Crippen LogP contribution < -0.4 is 5.32 Å². The van der Waals surface area contributed by atoms with Crippen molar-refractivity contribution in [1.82, 2.24) is 5.32 Å².